The quantitative estimate of drug-likeness (QED) is 0.513. The maximum absolute atomic E-state index is 6.31. The minimum absolute atomic E-state index is 0.642. The molecule has 2 N–H and O–H groups in total. The molecule has 0 aromatic heterocycles. The number of nitrogens with two attached hydrogens (primary N) is 1. The van der Waals surface area contributed by atoms with Gasteiger partial charge in [-0.05, 0) is 47.8 Å². The van der Waals surface area contributed by atoms with Gasteiger partial charge in [-0.25, -0.2) is 0 Å². The smallest absolute Gasteiger partial charge is 0.0642 e. The highest BCUT2D eigenvalue weighted by Gasteiger charge is 2.25. The fraction of sp³-hybridized carbons (Fsp3) is 0.353. The Bertz CT molecular complexity index is 676. The van der Waals surface area contributed by atoms with Crippen LogP contribution in [0, 0.1) is 0 Å². The highest BCUT2D eigenvalue weighted by molar-refractivity contribution is 6.35. The third-order valence-corrected chi connectivity index (χ3v) is 4.68. The molecule has 1 aliphatic heterocycles. The average molecular weight is 352 g/mol. The van der Waals surface area contributed by atoms with Crippen molar-refractivity contribution < 1.29 is 4.74 Å². The van der Waals surface area contributed by atoms with Crippen molar-refractivity contribution in [2.45, 2.75) is 12.8 Å². The Kier molecular flexibility index (Phi) is 5.26. The molecule has 23 heavy (non-hydrogen) atoms. The van der Waals surface area contributed by atoms with Gasteiger partial charge in [0.25, 0.3) is 0 Å². The summed E-state index contributed by atoms with van der Waals surface area (Å²) in [5, 5.41) is 5.02. The predicted molar refractivity (Wildman–Crippen MR) is 95.8 cm³/mol. The lowest BCUT2D eigenvalue weighted by Gasteiger charge is -2.31. The van der Waals surface area contributed by atoms with Gasteiger partial charge in [0, 0.05) is 28.8 Å². The first-order valence-corrected chi connectivity index (χ1v) is 8.39. The summed E-state index contributed by atoms with van der Waals surface area (Å²) < 4.78 is 5.46. The lowest BCUT2D eigenvalue weighted by molar-refractivity contribution is 0.0548. The summed E-state index contributed by atoms with van der Waals surface area (Å²) >= 11 is 12.3. The highest BCUT2D eigenvalue weighted by atomic mass is 35.5. The van der Waals surface area contributed by atoms with Crippen molar-refractivity contribution in [2.24, 2.45) is 10.9 Å². The lowest BCUT2D eigenvalue weighted by atomic mass is 10.1. The van der Waals surface area contributed by atoms with E-state index in [0.717, 1.165) is 44.7 Å². The number of hydrazone groups is 1. The van der Waals surface area contributed by atoms with Crippen LogP contribution in [0.3, 0.4) is 0 Å². The van der Waals surface area contributed by atoms with Gasteiger partial charge >= 0.3 is 0 Å². The minimum Gasteiger partial charge on any atom is -0.378 e. The van der Waals surface area contributed by atoms with E-state index in [0.29, 0.717) is 10.0 Å². The first kappa shape index (κ1) is 16.4. The van der Waals surface area contributed by atoms with E-state index in [2.05, 4.69) is 16.1 Å². The fourth-order valence-corrected chi connectivity index (χ4v) is 3.53. The Hall–Kier alpha value is -1.49. The number of nitrogens with zero attached hydrogens (tertiary/aromatic N) is 2. The molecule has 4 nitrogen and oxygen atoms in total. The van der Waals surface area contributed by atoms with Crippen LogP contribution in [0.4, 0.5) is 0 Å². The molecular formula is C17H19Cl2N3O. The van der Waals surface area contributed by atoms with E-state index in [-0.39, 0.29) is 0 Å². The number of allylic oxidation sites excluding steroid dienone is 2. The van der Waals surface area contributed by atoms with E-state index in [1.807, 2.05) is 12.1 Å². The van der Waals surface area contributed by atoms with Crippen molar-refractivity contribution in [1.82, 2.24) is 4.90 Å². The number of morpholine rings is 1. The second kappa shape index (κ2) is 7.39. The Balaban J connectivity index is 1.98. The zero-order valence-corrected chi connectivity index (χ0v) is 14.3. The van der Waals surface area contributed by atoms with Gasteiger partial charge in [0.05, 0.1) is 19.4 Å². The van der Waals surface area contributed by atoms with Crippen LogP contribution < -0.4 is 5.84 Å². The number of hydrogen-bond acceptors (Lipinski definition) is 4. The van der Waals surface area contributed by atoms with Gasteiger partial charge < -0.3 is 15.5 Å². The molecule has 1 fully saturated rings. The summed E-state index contributed by atoms with van der Waals surface area (Å²) in [6, 6.07) is 5.57. The summed E-state index contributed by atoms with van der Waals surface area (Å²) in [6.45, 7) is 3.24. The molecule has 122 valence electrons. The van der Waals surface area contributed by atoms with Crippen molar-refractivity contribution in [3.63, 3.8) is 0 Å². The normalized spacial score (nSPS) is 21.0. The van der Waals surface area contributed by atoms with Crippen LogP contribution >= 0.6 is 23.2 Å². The molecule has 2 aliphatic rings. The molecule has 0 saturated carbocycles. The highest BCUT2D eigenvalue weighted by Crippen LogP contribution is 2.36. The zero-order chi connectivity index (χ0) is 16.2. The van der Waals surface area contributed by atoms with Crippen LogP contribution in [-0.4, -0.2) is 37.4 Å². The van der Waals surface area contributed by atoms with Gasteiger partial charge in [-0.1, -0.05) is 29.3 Å². The van der Waals surface area contributed by atoms with Gasteiger partial charge in [-0.15, -0.1) is 0 Å². The van der Waals surface area contributed by atoms with E-state index >= 15 is 0 Å². The van der Waals surface area contributed by atoms with Crippen molar-refractivity contribution in [1.29, 1.82) is 0 Å². The minimum atomic E-state index is 0.642. The molecule has 0 amide bonds. The molecule has 1 saturated heterocycles. The number of hydrogen-bond donors (Lipinski definition) is 1. The maximum Gasteiger partial charge on any atom is 0.0642 e. The monoisotopic (exact) mass is 351 g/mol. The molecule has 3 rings (SSSR count). The van der Waals surface area contributed by atoms with Crippen LogP contribution in [0.1, 0.15) is 18.4 Å². The largest absolute Gasteiger partial charge is 0.378 e. The average Bonchev–Trinajstić information content (AvgIpc) is 2.94. The summed E-state index contributed by atoms with van der Waals surface area (Å²) in [4.78, 5) is 2.35. The van der Waals surface area contributed by atoms with Crippen LogP contribution in [0.15, 0.2) is 40.1 Å². The number of benzene rings is 1. The first-order chi connectivity index (χ1) is 11.2. The molecule has 1 heterocycles. The maximum atomic E-state index is 6.31. The molecule has 1 aromatic rings. The second-order valence-electron chi connectivity index (χ2n) is 5.59. The van der Waals surface area contributed by atoms with E-state index in [4.69, 9.17) is 33.8 Å². The van der Waals surface area contributed by atoms with E-state index in [1.165, 1.54) is 16.8 Å². The van der Waals surface area contributed by atoms with Gasteiger partial charge in [0.15, 0.2) is 0 Å². The first-order valence-electron chi connectivity index (χ1n) is 7.64. The number of halogens is 2. The van der Waals surface area contributed by atoms with E-state index in [1.54, 1.807) is 12.3 Å². The SMILES string of the molecule is N/N=C/C1=C(N2CCOCC2)C(=C/c2ccc(Cl)cc2Cl)/CC1. The summed E-state index contributed by atoms with van der Waals surface area (Å²) in [7, 11) is 0. The third-order valence-electron chi connectivity index (χ3n) is 4.12. The van der Waals surface area contributed by atoms with Crippen molar-refractivity contribution in [3.8, 4) is 0 Å². The van der Waals surface area contributed by atoms with Crippen LogP contribution in [0.2, 0.25) is 10.0 Å². The van der Waals surface area contributed by atoms with Crippen LogP contribution in [0.5, 0.6) is 0 Å². The standard InChI is InChI=1S/C17H19Cl2N3O/c18-15-4-3-12(16(19)10-15)9-13-1-2-14(11-21-20)17(13)22-5-7-23-8-6-22/h3-4,9-11H,1-2,5-8,20H2/b13-9+,21-11+. The predicted octanol–water partition coefficient (Wildman–Crippen LogP) is 3.70. The fourth-order valence-electron chi connectivity index (χ4n) is 3.07. The van der Waals surface area contributed by atoms with Gasteiger partial charge in [0.1, 0.15) is 0 Å². The molecule has 0 atom stereocenters. The van der Waals surface area contributed by atoms with E-state index in [9.17, 15) is 0 Å². The van der Waals surface area contributed by atoms with Gasteiger partial charge in [-0.2, -0.15) is 5.10 Å². The van der Waals surface area contributed by atoms with Gasteiger partial charge in [0.2, 0.25) is 0 Å². The Morgan fingerprint density at radius 2 is 1.96 bits per heavy atom. The van der Waals surface area contributed by atoms with Crippen molar-refractivity contribution >= 4 is 35.5 Å². The summed E-state index contributed by atoms with van der Waals surface area (Å²) in [5.74, 6) is 5.38. The topological polar surface area (TPSA) is 50.8 Å². The third kappa shape index (κ3) is 3.71. The molecule has 1 aromatic carbocycles. The lowest BCUT2D eigenvalue weighted by Crippen LogP contribution is -2.36. The van der Waals surface area contributed by atoms with Crippen molar-refractivity contribution in [3.05, 3.63) is 50.7 Å². The molecule has 0 radical (unpaired) electrons. The molecule has 6 heteroatoms. The Morgan fingerprint density at radius 1 is 1.17 bits per heavy atom. The summed E-state index contributed by atoms with van der Waals surface area (Å²) in [6.07, 6.45) is 5.79. The van der Waals surface area contributed by atoms with Crippen LogP contribution in [-0.2, 0) is 4.74 Å². The molecule has 0 unspecified atom stereocenters. The van der Waals surface area contributed by atoms with Crippen molar-refractivity contribution in [2.75, 3.05) is 26.3 Å². The molecule has 0 bridgehead atoms. The Labute approximate surface area is 146 Å². The van der Waals surface area contributed by atoms with Gasteiger partial charge in [-0.3, -0.25) is 0 Å². The molecular weight excluding hydrogens is 333 g/mol. The Morgan fingerprint density at radius 3 is 2.65 bits per heavy atom. The molecule has 1 aliphatic carbocycles. The molecule has 0 spiro atoms. The van der Waals surface area contributed by atoms with E-state index < -0.39 is 0 Å². The number of rotatable bonds is 3. The van der Waals surface area contributed by atoms with Crippen LogP contribution in [0.25, 0.3) is 6.08 Å². The second-order valence-corrected chi connectivity index (χ2v) is 6.43. The zero-order valence-electron chi connectivity index (χ0n) is 12.8. The number of ether oxygens (including phenoxy) is 1. The summed E-state index contributed by atoms with van der Waals surface area (Å²) in [5.41, 5.74) is 4.62.